The number of amides is 1. The van der Waals surface area contributed by atoms with Crippen LogP contribution in [0.5, 0.6) is 0 Å². The molecule has 1 fully saturated rings. The monoisotopic (exact) mass is 322 g/mol. The van der Waals surface area contributed by atoms with Crippen molar-refractivity contribution in [2.45, 2.75) is 38.6 Å². The molecule has 24 heavy (non-hydrogen) atoms. The minimum absolute atomic E-state index is 0.138. The smallest absolute Gasteiger partial charge is 0.229 e. The molecule has 1 saturated heterocycles. The van der Waals surface area contributed by atoms with Crippen LogP contribution in [0.3, 0.4) is 0 Å². The molecule has 0 saturated carbocycles. The van der Waals surface area contributed by atoms with E-state index in [1.54, 1.807) is 0 Å². The van der Waals surface area contributed by atoms with Gasteiger partial charge in [0.05, 0.1) is 18.2 Å². The standard InChI is InChI=1S/C19H22N4O/c1-13-10-15(22-21-13)12-19(24)23-9-5-4-8-18(23)17-11-14-6-2-3-7-16(14)20-17/h2-3,6-7,10-11,18,20H,4-5,8-9,12H2,1H3,(H,21,22). The van der Waals surface area contributed by atoms with Crippen LogP contribution in [0, 0.1) is 6.92 Å². The highest BCUT2D eigenvalue weighted by atomic mass is 16.2. The summed E-state index contributed by atoms with van der Waals surface area (Å²) in [4.78, 5) is 18.4. The number of carbonyl (C=O) groups excluding carboxylic acids is 1. The molecular weight excluding hydrogens is 300 g/mol. The van der Waals surface area contributed by atoms with Crippen molar-refractivity contribution in [1.82, 2.24) is 20.1 Å². The fraction of sp³-hybridized carbons (Fsp3) is 0.368. The number of nitrogens with one attached hydrogen (secondary N) is 2. The van der Waals surface area contributed by atoms with Crippen LogP contribution in [-0.4, -0.2) is 32.5 Å². The molecule has 0 radical (unpaired) electrons. The van der Waals surface area contributed by atoms with Gasteiger partial charge in [-0.25, -0.2) is 0 Å². The van der Waals surface area contributed by atoms with Crippen LogP contribution < -0.4 is 0 Å². The van der Waals surface area contributed by atoms with Gasteiger partial charge < -0.3 is 9.88 Å². The molecule has 4 rings (SSSR count). The van der Waals surface area contributed by atoms with Crippen LogP contribution in [0.1, 0.15) is 42.4 Å². The Morgan fingerprint density at radius 3 is 2.96 bits per heavy atom. The van der Waals surface area contributed by atoms with E-state index in [2.05, 4.69) is 33.4 Å². The molecule has 5 nitrogen and oxygen atoms in total. The number of rotatable bonds is 3. The van der Waals surface area contributed by atoms with E-state index in [1.807, 2.05) is 30.0 Å². The first-order valence-corrected chi connectivity index (χ1v) is 8.59. The third-order valence-electron chi connectivity index (χ3n) is 4.82. The van der Waals surface area contributed by atoms with Gasteiger partial charge in [0.2, 0.25) is 5.91 Å². The van der Waals surface area contributed by atoms with Gasteiger partial charge in [-0.2, -0.15) is 5.10 Å². The number of H-pyrrole nitrogens is 2. The quantitative estimate of drug-likeness (QED) is 0.775. The minimum Gasteiger partial charge on any atom is -0.357 e. The molecule has 1 atom stereocenters. The number of para-hydroxylation sites is 1. The van der Waals surface area contributed by atoms with Crippen LogP contribution in [0.4, 0.5) is 0 Å². The van der Waals surface area contributed by atoms with Crippen molar-refractivity contribution in [2.75, 3.05) is 6.54 Å². The SMILES string of the molecule is Cc1cc(CC(=O)N2CCCCC2c2cc3ccccc3[nH]2)n[nH]1. The molecule has 2 aromatic heterocycles. The molecule has 2 N–H and O–H groups in total. The molecule has 5 heteroatoms. The van der Waals surface area contributed by atoms with Crippen LogP contribution in [0.2, 0.25) is 0 Å². The number of carbonyl (C=O) groups is 1. The Bertz CT molecular complexity index is 830. The van der Waals surface area contributed by atoms with E-state index in [4.69, 9.17) is 0 Å². The van der Waals surface area contributed by atoms with Crippen LogP contribution in [0.15, 0.2) is 36.4 Å². The van der Waals surface area contributed by atoms with Gasteiger partial charge in [-0.1, -0.05) is 18.2 Å². The van der Waals surface area contributed by atoms with Gasteiger partial charge in [-0.3, -0.25) is 9.89 Å². The normalized spacial score (nSPS) is 18.2. The maximum Gasteiger partial charge on any atom is 0.229 e. The van der Waals surface area contributed by atoms with E-state index < -0.39 is 0 Å². The Kier molecular flexibility index (Phi) is 3.84. The fourth-order valence-electron chi connectivity index (χ4n) is 3.65. The van der Waals surface area contributed by atoms with Gasteiger partial charge in [0.15, 0.2) is 0 Å². The molecule has 1 aliphatic rings. The lowest BCUT2D eigenvalue weighted by Crippen LogP contribution is -2.39. The number of piperidine rings is 1. The predicted molar refractivity (Wildman–Crippen MR) is 93.6 cm³/mol. The Balaban J connectivity index is 1.59. The van der Waals surface area contributed by atoms with Crippen LogP contribution in [0.25, 0.3) is 10.9 Å². The summed E-state index contributed by atoms with van der Waals surface area (Å²) in [5.74, 6) is 0.157. The average Bonchev–Trinajstić information content (AvgIpc) is 3.20. The Hall–Kier alpha value is -2.56. The van der Waals surface area contributed by atoms with Gasteiger partial charge in [-0.05, 0) is 49.8 Å². The highest BCUT2D eigenvalue weighted by Gasteiger charge is 2.29. The first-order chi connectivity index (χ1) is 11.7. The first-order valence-electron chi connectivity index (χ1n) is 8.59. The molecule has 1 unspecified atom stereocenters. The minimum atomic E-state index is 0.138. The summed E-state index contributed by atoms with van der Waals surface area (Å²) in [5.41, 5.74) is 4.08. The number of likely N-dealkylation sites (tertiary alicyclic amines) is 1. The van der Waals surface area contributed by atoms with Crippen LogP contribution >= 0.6 is 0 Å². The number of hydrogen-bond donors (Lipinski definition) is 2. The van der Waals surface area contributed by atoms with Crippen molar-refractivity contribution < 1.29 is 4.79 Å². The van der Waals surface area contributed by atoms with E-state index in [-0.39, 0.29) is 11.9 Å². The van der Waals surface area contributed by atoms with E-state index in [0.717, 1.165) is 48.4 Å². The number of aromatic amines is 2. The van der Waals surface area contributed by atoms with Crippen molar-refractivity contribution in [3.63, 3.8) is 0 Å². The second-order valence-corrected chi connectivity index (χ2v) is 6.63. The zero-order chi connectivity index (χ0) is 16.5. The second kappa shape index (κ2) is 6.15. The van der Waals surface area contributed by atoms with Crippen molar-refractivity contribution in [2.24, 2.45) is 0 Å². The topological polar surface area (TPSA) is 64.8 Å². The van der Waals surface area contributed by atoms with Gasteiger partial charge >= 0.3 is 0 Å². The largest absolute Gasteiger partial charge is 0.357 e. The van der Waals surface area contributed by atoms with Gasteiger partial charge in [0.1, 0.15) is 0 Å². The predicted octanol–water partition coefficient (Wildman–Crippen LogP) is 3.50. The Labute approximate surface area is 141 Å². The number of nitrogens with zero attached hydrogens (tertiary/aromatic N) is 2. The summed E-state index contributed by atoms with van der Waals surface area (Å²) in [6.45, 7) is 2.78. The molecule has 3 aromatic rings. The Morgan fingerprint density at radius 2 is 2.17 bits per heavy atom. The maximum atomic E-state index is 12.8. The van der Waals surface area contributed by atoms with Crippen molar-refractivity contribution in [3.8, 4) is 0 Å². The maximum absolute atomic E-state index is 12.8. The van der Waals surface area contributed by atoms with E-state index in [1.165, 1.54) is 5.39 Å². The first kappa shape index (κ1) is 15.0. The lowest BCUT2D eigenvalue weighted by molar-refractivity contribution is -0.134. The molecule has 0 spiro atoms. The van der Waals surface area contributed by atoms with Gasteiger partial charge in [0.25, 0.3) is 0 Å². The fourth-order valence-corrected chi connectivity index (χ4v) is 3.65. The molecule has 0 bridgehead atoms. The zero-order valence-corrected chi connectivity index (χ0v) is 13.9. The van der Waals surface area contributed by atoms with E-state index in [0.29, 0.717) is 6.42 Å². The van der Waals surface area contributed by atoms with Gasteiger partial charge in [0, 0.05) is 23.4 Å². The second-order valence-electron chi connectivity index (χ2n) is 6.63. The molecule has 1 amide bonds. The number of aromatic nitrogens is 3. The Morgan fingerprint density at radius 1 is 1.29 bits per heavy atom. The summed E-state index contributed by atoms with van der Waals surface area (Å²) in [6.07, 6.45) is 3.60. The molecular formula is C19H22N4O. The summed E-state index contributed by atoms with van der Waals surface area (Å²) in [7, 11) is 0. The van der Waals surface area contributed by atoms with Crippen molar-refractivity contribution >= 4 is 16.8 Å². The number of hydrogen-bond acceptors (Lipinski definition) is 2. The molecule has 1 aromatic carbocycles. The van der Waals surface area contributed by atoms with Crippen molar-refractivity contribution in [3.05, 3.63) is 53.5 Å². The average molecular weight is 322 g/mol. The number of fused-ring (bicyclic) bond motifs is 1. The summed E-state index contributed by atoms with van der Waals surface area (Å²) < 4.78 is 0. The summed E-state index contributed by atoms with van der Waals surface area (Å²) in [6, 6.07) is 12.5. The third kappa shape index (κ3) is 2.82. The third-order valence-corrected chi connectivity index (χ3v) is 4.82. The lowest BCUT2D eigenvalue weighted by atomic mass is 9.98. The van der Waals surface area contributed by atoms with E-state index >= 15 is 0 Å². The molecule has 0 aliphatic carbocycles. The highest BCUT2D eigenvalue weighted by Crippen LogP contribution is 2.32. The van der Waals surface area contributed by atoms with E-state index in [9.17, 15) is 4.79 Å². The lowest BCUT2D eigenvalue weighted by Gasteiger charge is -2.35. The number of benzene rings is 1. The summed E-state index contributed by atoms with van der Waals surface area (Å²) >= 11 is 0. The zero-order valence-electron chi connectivity index (χ0n) is 13.9. The molecule has 3 heterocycles. The molecule has 124 valence electrons. The van der Waals surface area contributed by atoms with Crippen molar-refractivity contribution in [1.29, 1.82) is 0 Å². The van der Waals surface area contributed by atoms with Crippen LogP contribution in [-0.2, 0) is 11.2 Å². The summed E-state index contributed by atoms with van der Waals surface area (Å²) in [5, 5.41) is 8.32. The van der Waals surface area contributed by atoms with Gasteiger partial charge in [-0.15, -0.1) is 0 Å². The number of aryl methyl sites for hydroxylation is 1. The molecule has 1 aliphatic heterocycles. The highest BCUT2D eigenvalue weighted by molar-refractivity contribution is 5.82.